The first-order chi connectivity index (χ1) is 10.0. The predicted octanol–water partition coefficient (Wildman–Crippen LogP) is 3.15. The molecule has 122 valence electrons. The van der Waals surface area contributed by atoms with Crippen molar-refractivity contribution in [2.24, 2.45) is 11.3 Å². The lowest BCUT2D eigenvalue weighted by atomic mass is 9.82. The van der Waals surface area contributed by atoms with E-state index in [1.54, 1.807) is 0 Å². The van der Waals surface area contributed by atoms with E-state index in [1.165, 1.54) is 38.5 Å². The number of rotatable bonds is 3. The summed E-state index contributed by atoms with van der Waals surface area (Å²) in [6, 6.07) is 0.0875. The summed E-state index contributed by atoms with van der Waals surface area (Å²) in [6.45, 7) is 6.53. The van der Waals surface area contributed by atoms with Gasteiger partial charge in [-0.1, -0.05) is 32.6 Å². The van der Waals surface area contributed by atoms with Crippen molar-refractivity contribution >= 4 is 6.03 Å². The molecule has 2 rings (SSSR count). The minimum atomic E-state index is -0.250. The normalized spacial score (nSPS) is 25.2. The maximum absolute atomic E-state index is 12.3. The van der Waals surface area contributed by atoms with E-state index in [9.17, 15) is 9.90 Å². The molecular formula is C17H32N2O2. The lowest BCUT2D eigenvalue weighted by Gasteiger charge is -2.35. The number of nitrogens with one attached hydrogen (secondary N) is 1. The minimum absolute atomic E-state index is 0.0875. The van der Waals surface area contributed by atoms with Crippen LogP contribution in [-0.4, -0.2) is 41.8 Å². The van der Waals surface area contributed by atoms with Gasteiger partial charge in [-0.05, 0) is 43.9 Å². The van der Waals surface area contributed by atoms with Crippen LogP contribution in [0.3, 0.4) is 0 Å². The highest BCUT2D eigenvalue weighted by atomic mass is 16.3. The average molecular weight is 296 g/mol. The lowest BCUT2D eigenvalue weighted by molar-refractivity contribution is 0.0791. The largest absolute Gasteiger partial charge is 0.393 e. The van der Waals surface area contributed by atoms with Gasteiger partial charge >= 0.3 is 6.03 Å². The molecule has 1 unspecified atom stereocenters. The SMILES string of the molecule is CC(O)C1CCN(C(=O)NCC2(C)CCCCCC2)CC1. The first-order valence-corrected chi connectivity index (χ1v) is 8.71. The van der Waals surface area contributed by atoms with Crippen LogP contribution >= 0.6 is 0 Å². The molecule has 1 atom stereocenters. The molecule has 4 nitrogen and oxygen atoms in total. The molecular weight excluding hydrogens is 264 g/mol. The molecule has 2 fully saturated rings. The maximum Gasteiger partial charge on any atom is 0.317 e. The van der Waals surface area contributed by atoms with Crippen molar-refractivity contribution < 1.29 is 9.90 Å². The molecule has 21 heavy (non-hydrogen) atoms. The summed E-state index contributed by atoms with van der Waals surface area (Å²) in [7, 11) is 0. The maximum atomic E-state index is 12.3. The molecule has 2 amide bonds. The summed E-state index contributed by atoms with van der Waals surface area (Å²) < 4.78 is 0. The van der Waals surface area contributed by atoms with Crippen LogP contribution in [0.5, 0.6) is 0 Å². The quantitative estimate of drug-likeness (QED) is 0.786. The van der Waals surface area contributed by atoms with E-state index in [4.69, 9.17) is 0 Å². The number of likely N-dealkylation sites (tertiary alicyclic amines) is 1. The number of hydrogen-bond acceptors (Lipinski definition) is 2. The third-order valence-electron chi connectivity index (χ3n) is 5.49. The van der Waals surface area contributed by atoms with Gasteiger partial charge in [0.1, 0.15) is 0 Å². The molecule has 0 radical (unpaired) electrons. The van der Waals surface area contributed by atoms with E-state index in [2.05, 4.69) is 12.2 Å². The van der Waals surface area contributed by atoms with E-state index in [0.29, 0.717) is 5.92 Å². The van der Waals surface area contributed by atoms with Gasteiger partial charge < -0.3 is 15.3 Å². The zero-order valence-electron chi connectivity index (χ0n) is 13.7. The Bertz CT molecular complexity index is 328. The van der Waals surface area contributed by atoms with Crippen LogP contribution in [0.15, 0.2) is 0 Å². The second-order valence-electron chi connectivity index (χ2n) is 7.45. The van der Waals surface area contributed by atoms with E-state index < -0.39 is 0 Å². The first kappa shape index (κ1) is 16.6. The molecule has 0 bridgehead atoms. The van der Waals surface area contributed by atoms with Gasteiger partial charge in [0.15, 0.2) is 0 Å². The van der Waals surface area contributed by atoms with Crippen LogP contribution in [0.1, 0.15) is 65.2 Å². The van der Waals surface area contributed by atoms with Crippen molar-refractivity contribution in [3.8, 4) is 0 Å². The number of nitrogens with zero attached hydrogens (tertiary/aromatic N) is 1. The van der Waals surface area contributed by atoms with Gasteiger partial charge in [0.25, 0.3) is 0 Å². The zero-order chi connectivity index (χ0) is 15.3. The Morgan fingerprint density at radius 1 is 1.24 bits per heavy atom. The van der Waals surface area contributed by atoms with Crippen LogP contribution in [0, 0.1) is 11.3 Å². The Labute approximate surface area is 129 Å². The second kappa shape index (κ2) is 7.48. The van der Waals surface area contributed by atoms with Gasteiger partial charge in [0, 0.05) is 19.6 Å². The van der Waals surface area contributed by atoms with Crippen molar-refractivity contribution in [3.63, 3.8) is 0 Å². The van der Waals surface area contributed by atoms with Crippen molar-refractivity contribution in [1.29, 1.82) is 0 Å². The van der Waals surface area contributed by atoms with Gasteiger partial charge in [0.05, 0.1) is 6.10 Å². The fourth-order valence-corrected chi connectivity index (χ4v) is 3.74. The predicted molar refractivity (Wildman–Crippen MR) is 85.2 cm³/mol. The summed E-state index contributed by atoms with van der Waals surface area (Å²) in [4.78, 5) is 14.2. The molecule has 1 aliphatic heterocycles. The number of carbonyl (C=O) groups is 1. The topological polar surface area (TPSA) is 52.6 Å². The average Bonchev–Trinajstić information content (AvgIpc) is 2.70. The Morgan fingerprint density at radius 2 is 1.81 bits per heavy atom. The van der Waals surface area contributed by atoms with Crippen molar-refractivity contribution in [3.05, 3.63) is 0 Å². The fraction of sp³-hybridized carbons (Fsp3) is 0.941. The molecule has 0 aromatic carbocycles. The van der Waals surface area contributed by atoms with Crippen LogP contribution in [-0.2, 0) is 0 Å². The molecule has 4 heteroatoms. The molecule has 0 aromatic rings. The highest BCUT2D eigenvalue weighted by molar-refractivity contribution is 5.74. The van der Waals surface area contributed by atoms with Crippen LogP contribution in [0.4, 0.5) is 4.79 Å². The van der Waals surface area contributed by atoms with E-state index in [0.717, 1.165) is 32.5 Å². The Hall–Kier alpha value is -0.770. The smallest absolute Gasteiger partial charge is 0.317 e. The highest BCUT2D eigenvalue weighted by Gasteiger charge is 2.29. The summed E-state index contributed by atoms with van der Waals surface area (Å²) >= 11 is 0. The van der Waals surface area contributed by atoms with Crippen molar-refractivity contribution in [2.45, 2.75) is 71.3 Å². The molecule has 1 saturated carbocycles. The third kappa shape index (κ3) is 4.87. The molecule has 0 spiro atoms. The Morgan fingerprint density at radius 3 is 2.33 bits per heavy atom. The number of hydrogen-bond donors (Lipinski definition) is 2. The van der Waals surface area contributed by atoms with Gasteiger partial charge in [-0.3, -0.25) is 0 Å². The number of amides is 2. The summed E-state index contributed by atoms with van der Waals surface area (Å²) in [6.07, 6.45) is 9.34. The molecule has 2 aliphatic rings. The minimum Gasteiger partial charge on any atom is -0.393 e. The Kier molecular flexibility index (Phi) is 5.91. The zero-order valence-corrected chi connectivity index (χ0v) is 13.7. The van der Waals surface area contributed by atoms with Gasteiger partial charge in [-0.15, -0.1) is 0 Å². The molecule has 1 saturated heterocycles. The second-order valence-corrected chi connectivity index (χ2v) is 7.45. The number of urea groups is 1. The molecule has 0 aromatic heterocycles. The van der Waals surface area contributed by atoms with Crippen LogP contribution < -0.4 is 5.32 Å². The van der Waals surface area contributed by atoms with Crippen molar-refractivity contribution in [2.75, 3.05) is 19.6 Å². The highest BCUT2D eigenvalue weighted by Crippen LogP contribution is 2.33. The third-order valence-corrected chi connectivity index (χ3v) is 5.49. The van der Waals surface area contributed by atoms with E-state index in [-0.39, 0.29) is 17.6 Å². The standard InChI is InChI=1S/C17H32N2O2/c1-14(20)15-7-11-19(12-8-15)16(21)18-13-17(2)9-5-3-4-6-10-17/h14-15,20H,3-13H2,1-2H3,(H,18,21). The fourth-order valence-electron chi connectivity index (χ4n) is 3.74. The lowest BCUT2D eigenvalue weighted by Crippen LogP contribution is -2.48. The van der Waals surface area contributed by atoms with Crippen molar-refractivity contribution in [1.82, 2.24) is 10.2 Å². The number of piperidine rings is 1. The first-order valence-electron chi connectivity index (χ1n) is 8.71. The monoisotopic (exact) mass is 296 g/mol. The number of carbonyl (C=O) groups excluding carboxylic acids is 1. The van der Waals surface area contributed by atoms with Gasteiger partial charge in [0.2, 0.25) is 0 Å². The number of aliphatic hydroxyl groups excluding tert-OH is 1. The van der Waals surface area contributed by atoms with Gasteiger partial charge in [-0.25, -0.2) is 4.79 Å². The van der Waals surface area contributed by atoms with Gasteiger partial charge in [-0.2, -0.15) is 0 Å². The van der Waals surface area contributed by atoms with E-state index >= 15 is 0 Å². The summed E-state index contributed by atoms with van der Waals surface area (Å²) in [5.41, 5.74) is 0.282. The number of aliphatic hydroxyl groups is 1. The molecule has 1 aliphatic carbocycles. The summed E-state index contributed by atoms with van der Waals surface area (Å²) in [5, 5.41) is 12.8. The molecule has 2 N–H and O–H groups in total. The van der Waals surface area contributed by atoms with E-state index in [1.807, 2.05) is 11.8 Å². The van der Waals surface area contributed by atoms with Crippen LogP contribution in [0.25, 0.3) is 0 Å². The molecule has 1 heterocycles. The van der Waals surface area contributed by atoms with Crippen LogP contribution in [0.2, 0.25) is 0 Å². The Balaban J connectivity index is 1.74. The summed E-state index contributed by atoms with van der Waals surface area (Å²) in [5.74, 6) is 0.355.